The Labute approximate surface area is 80.7 Å². The summed E-state index contributed by atoms with van der Waals surface area (Å²) in [6.07, 6.45) is 2.13. The maximum Gasteiger partial charge on any atom is 0.310 e. The molecule has 0 radical (unpaired) electrons. The van der Waals surface area contributed by atoms with Gasteiger partial charge in [-0.3, -0.25) is 14.4 Å². The molecule has 0 amide bonds. The fourth-order valence-electron chi connectivity index (χ4n) is 0.561. The summed E-state index contributed by atoms with van der Waals surface area (Å²) in [4.78, 5) is 29.4. The van der Waals surface area contributed by atoms with Crippen LogP contribution in [0.15, 0.2) is 22.8 Å². The van der Waals surface area contributed by atoms with Gasteiger partial charge in [-0.1, -0.05) is 0 Å². The van der Waals surface area contributed by atoms with Crippen LogP contribution in [-0.2, 0) is 14.3 Å². The number of ether oxygens (including phenoxy) is 1. The van der Waals surface area contributed by atoms with Gasteiger partial charge >= 0.3 is 11.9 Å². The molecule has 5 heteroatoms. The molecule has 0 unspecified atom stereocenters. The van der Waals surface area contributed by atoms with Gasteiger partial charge in [0.2, 0.25) is 0 Å². The highest BCUT2D eigenvalue weighted by Crippen LogP contribution is 1.92. The summed E-state index contributed by atoms with van der Waals surface area (Å²) in [6, 6.07) is 3.27. The maximum absolute atomic E-state index is 9.81. The van der Waals surface area contributed by atoms with Crippen molar-refractivity contribution in [3.05, 3.63) is 24.2 Å². The molecule has 0 bridgehead atoms. The van der Waals surface area contributed by atoms with E-state index < -0.39 is 11.9 Å². The molecule has 0 aliphatic carbocycles. The quantitative estimate of drug-likeness (QED) is 0.385. The number of carbonyl (C=O) groups is 3. The van der Waals surface area contributed by atoms with Crippen LogP contribution in [-0.4, -0.2) is 18.2 Å². The fraction of sp³-hybridized carbons (Fsp3) is 0.222. The van der Waals surface area contributed by atoms with Crippen LogP contribution in [0.1, 0.15) is 24.4 Å². The van der Waals surface area contributed by atoms with Crippen LogP contribution in [0.25, 0.3) is 0 Å². The van der Waals surface area contributed by atoms with Crippen LogP contribution in [0, 0.1) is 0 Å². The van der Waals surface area contributed by atoms with E-state index in [2.05, 4.69) is 9.15 Å². The molecule has 0 aliphatic heterocycles. The molecular weight excluding hydrogens is 188 g/mol. The minimum atomic E-state index is -0.562. The molecule has 76 valence electrons. The van der Waals surface area contributed by atoms with E-state index in [0.717, 1.165) is 0 Å². The van der Waals surface area contributed by atoms with Crippen LogP contribution in [0.3, 0.4) is 0 Å². The smallest absolute Gasteiger partial charge is 0.310 e. The Morgan fingerprint density at radius 3 is 2.07 bits per heavy atom. The highest BCUT2D eigenvalue weighted by molar-refractivity contribution is 5.82. The Morgan fingerprint density at radius 2 is 1.93 bits per heavy atom. The number of furan rings is 1. The predicted octanol–water partition coefficient (Wildman–Crippen LogP) is 1.19. The Kier molecular flexibility index (Phi) is 5.69. The number of hydrogen-bond donors (Lipinski definition) is 0. The average Bonchev–Trinajstić information content (AvgIpc) is 2.53. The zero-order chi connectivity index (χ0) is 11.0. The predicted molar refractivity (Wildman–Crippen MR) is 46.5 cm³/mol. The van der Waals surface area contributed by atoms with E-state index >= 15 is 0 Å². The topological polar surface area (TPSA) is 73.6 Å². The van der Waals surface area contributed by atoms with E-state index in [4.69, 9.17) is 0 Å². The summed E-state index contributed by atoms with van der Waals surface area (Å²) in [6.45, 7) is 2.36. The minimum absolute atomic E-state index is 0.375. The summed E-state index contributed by atoms with van der Waals surface area (Å²) in [7, 11) is 0. The normalized spacial score (nSPS) is 8.14. The van der Waals surface area contributed by atoms with Gasteiger partial charge in [0.1, 0.15) is 0 Å². The lowest BCUT2D eigenvalue weighted by Gasteiger charge is -1.87. The number of esters is 2. The molecule has 0 aliphatic rings. The van der Waals surface area contributed by atoms with Crippen molar-refractivity contribution in [2.24, 2.45) is 0 Å². The van der Waals surface area contributed by atoms with Crippen LogP contribution in [0.4, 0.5) is 0 Å². The van der Waals surface area contributed by atoms with Crippen LogP contribution in [0.2, 0.25) is 0 Å². The Hall–Kier alpha value is -1.91. The van der Waals surface area contributed by atoms with E-state index in [0.29, 0.717) is 12.0 Å². The van der Waals surface area contributed by atoms with Gasteiger partial charge < -0.3 is 9.15 Å². The molecule has 1 aromatic heterocycles. The third-order valence-electron chi connectivity index (χ3n) is 0.947. The van der Waals surface area contributed by atoms with E-state index in [1.807, 2.05) is 0 Å². The van der Waals surface area contributed by atoms with Crippen LogP contribution in [0.5, 0.6) is 0 Å². The van der Waals surface area contributed by atoms with E-state index in [-0.39, 0.29) is 0 Å². The standard InChI is InChI=1S/C5H4O2.C4H6O3/c6-4-5-2-1-3-7-5;1-3(5)7-4(2)6/h1-4H;1-2H3. The number of rotatable bonds is 1. The SMILES string of the molecule is CC(=O)OC(C)=O.O=Cc1ccco1. The average molecular weight is 198 g/mol. The van der Waals surface area contributed by atoms with Gasteiger partial charge in [0.05, 0.1) is 6.26 Å². The van der Waals surface area contributed by atoms with Gasteiger partial charge in [-0.25, -0.2) is 0 Å². The third kappa shape index (κ3) is 6.78. The van der Waals surface area contributed by atoms with Gasteiger partial charge in [0, 0.05) is 13.8 Å². The first-order valence-corrected chi connectivity index (χ1v) is 3.74. The summed E-state index contributed by atoms with van der Waals surface area (Å²) >= 11 is 0. The van der Waals surface area contributed by atoms with Crippen molar-refractivity contribution in [3.8, 4) is 0 Å². The second kappa shape index (κ2) is 6.59. The summed E-state index contributed by atoms with van der Waals surface area (Å²) in [5.41, 5.74) is 0. The summed E-state index contributed by atoms with van der Waals surface area (Å²) in [5.74, 6) is -0.750. The Balaban J connectivity index is 0.000000241. The van der Waals surface area contributed by atoms with Gasteiger partial charge in [0.15, 0.2) is 12.0 Å². The number of carbonyl (C=O) groups excluding carboxylic acids is 3. The van der Waals surface area contributed by atoms with Crippen molar-refractivity contribution in [1.82, 2.24) is 0 Å². The molecule has 0 fully saturated rings. The summed E-state index contributed by atoms with van der Waals surface area (Å²) in [5, 5.41) is 0. The lowest BCUT2D eigenvalue weighted by Crippen LogP contribution is -2.03. The highest BCUT2D eigenvalue weighted by atomic mass is 16.6. The zero-order valence-electron chi connectivity index (χ0n) is 7.85. The first-order chi connectivity index (χ1) is 6.56. The highest BCUT2D eigenvalue weighted by Gasteiger charge is 1.93. The van der Waals surface area contributed by atoms with Gasteiger partial charge in [0.25, 0.3) is 0 Å². The van der Waals surface area contributed by atoms with Crippen LogP contribution >= 0.6 is 0 Å². The zero-order valence-corrected chi connectivity index (χ0v) is 7.85. The van der Waals surface area contributed by atoms with Gasteiger partial charge in [-0.15, -0.1) is 0 Å². The van der Waals surface area contributed by atoms with Gasteiger partial charge in [-0.05, 0) is 12.1 Å². The molecule has 1 aromatic rings. The maximum atomic E-state index is 9.81. The molecule has 1 rings (SSSR count). The van der Waals surface area contributed by atoms with Crippen molar-refractivity contribution < 1.29 is 23.5 Å². The lowest BCUT2D eigenvalue weighted by molar-refractivity contribution is -0.156. The Bertz CT molecular complexity index is 287. The molecule has 0 spiro atoms. The second-order valence-corrected chi connectivity index (χ2v) is 2.22. The molecule has 0 N–H and O–H groups in total. The molecule has 5 nitrogen and oxygen atoms in total. The largest absolute Gasteiger partial charge is 0.462 e. The minimum Gasteiger partial charge on any atom is -0.462 e. The van der Waals surface area contributed by atoms with E-state index in [1.165, 1.54) is 20.1 Å². The Morgan fingerprint density at radius 1 is 1.36 bits per heavy atom. The second-order valence-electron chi connectivity index (χ2n) is 2.22. The molecule has 14 heavy (non-hydrogen) atoms. The van der Waals surface area contributed by atoms with Gasteiger partial charge in [-0.2, -0.15) is 0 Å². The van der Waals surface area contributed by atoms with E-state index in [9.17, 15) is 14.4 Å². The van der Waals surface area contributed by atoms with Crippen molar-refractivity contribution in [3.63, 3.8) is 0 Å². The number of hydrogen-bond acceptors (Lipinski definition) is 5. The number of aldehydes is 1. The van der Waals surface area contributed by atoms with Crippen molar-refractivity contribution >= 4 is 18.2 Å². The monoisotopic (exact) mass is 198 g/mol. The summed E-state index contributed by atoms with van der Waals surface area (Å²) < 4.78 is 8.59. The third-order valence-corrected chi connectivity index (χ3v) is 0.947. The lowest BCUT2D eigenvalue weighted by atomic mass is 10.5. The molecule has 1 heterocycles. The van der Waals surface area contributed by atoms with Crippen molar-refractivity contribution in [2.75, 3.05) is 0 Å². The fourth-order valence-corrected chi connectivity index (χ4v) is 0.561. The van der Waals surface area contributed by atoms with Crippen molar-refractivity contribution in [2.45, 2.75) is 13.8 Å². The molecule has 0 atom stereocenters. The van der Waals surface area contributed by atoms with Crippen LogP contribution < -0.4 is 0 Å². The molecular formula is C9H10O5. The molecule has 0 aromatic carbocycles. The first kappa shape index (κ1) is 12.1. The van der Waals surface area contributed by atoms with E-state index in [1.54, 1.807) is 12.1 Å². The molecule has 0 saturated carbocycles. The molecule has 0 saturated heterocycles. The van der Waals surface area contributed by atoms with Crippen molar-refractivity contribution in [1.29, 1.82) is 0 Å². The first-order valence-electron chi connectivity index (χ1n) is 3.74.